The van der Waals surface area contributed by atoms with Crippen LogP contribution in [-0.2, 0) is 6.18 Å². The molecular formula is C12H8ClF4N3. The SMILES string of the molecule is CNc1cc(-c2ccc(F)cc2Cl)nc(C(F)(F)F)n1. The highest BCUT2D eigenvalue weighted by atomic mass is 35.5. The summed E-state index contributed by atoms with van der Waals surface area (Å²) < 4.78 is 51.1. The maximum absolute atomic E-state index is 13.0. The highest BCUT2D eigenvalue weighted by Crippen LogP contribution is 2.32. The summed E-state index contributed by atoms with van der Waals surface area (Å²) in [5.41, 5.74) is 0.152. The van der Waals surface area contributed by atoms with Crippen LogP contribution in [0.3, 0.4) is 0 Å². The molecule has 2 aromatic rings. The summed E-state index contributed by atoms with van der Waals surface area (Å²) in [7, 11) is 1.43. The van der Waals surface area contributed by atoms with Crippen LogP contribution in [0.2, 0.25) is 5.02 Å². The van der Waals surface area contributed by atoms with Crippen LogP contribution in [0.25, 0.3) is 11.3 Å². The van der Waals surface area contributed by atoms with E-state index in [0.29, 0.717) is 0 Å². The van der Waals surface area contributed by atoms with Crippen molar-refractivity contribution in [3.05, 3.63) is 40.9 Å². The molecule has 0 unspecified atom stereocenters. The molecule has 106 valence electrons. The molecule has 0 atom stereocenters. The van der Waals surface area contributed by atoms with E-state index in [1.54, 1.807) is 0 Å². The van der Waals surface area contributed by atoms with Crippen molar-refractivity contribution in [2.75, 3.05) is 12.4 Å². The lowest BCUT2D eigenvalue weighted by Gasteiger charge is -2.11. The van der Waals surface area contributed by atoms with Crippen molar-refractivity contribution >= 4 is 17.4 Å². The predicted molar refractivity (Wildman–Crippen MR) is 67.0 cm³/mol. The number of hydrogen-bond donors (Lipinski definition) is 1. The lowest BCUT2D eigenvalue weighted by atomic mass is 10.1. The fourth-order valence-electron chi connectivity index (χ4n) is 1.54. The fraction of sp³-hybridized carbons (Fsp3) is 0.167. The Morgan fingerprint density at radius 3 is 2.40 bits per heavy atom. The van der Waals surface area contributed by atoms with Crippen molar-refractivity contribution in [3.63, 3.8) is 0 Å². The number of rotatable bonds is 2. The number of nitrogens with zero attached hydrogens (tertiary/aromatic N) is 2. The van der Waals surface area contributed by atoms with Gasteiger partial charge < -0.3 is 5.32 Å². The summed E-state index contributed by atoms with van der Waals surface area (Å²) in [4.78, 5) is 6.76. The lowest BCUT2D eigenvalue weighted by Crippen LogP contribution is -2.13. The van der Waals surface area contributed by atoms with Gasteiger partial charge in [0.05, 0.1) is 10.7 Å². The van der Waals surface area contributed by atoms with E-state index in [1.165, 1.54) is 19.2 Å². The molecule has 8 heteroatoms. The molecule has 0 saturated heterocycles. The number of nitrogens with one attached hydrogen (secondary N) is 1. The Kier molecular flexibility index (Phi) is 3.80. The van der Waals surface area contributed by atoms with E-state index in [9.17, 15) is 17.6 Å². The maximum atomic E-state index is 13.0. The highest BCUT2D eigenvalue weighted by Gasteiger charge is 2.35. The second-order valence-corrected chi connectivity index (χ2v) is 4.24. The minimum Gasteiger partial charge on any atom is -0.373 e. The Bertz CT molecular complexity index is 643. The van der Waals surface area contributed by atoms with Crippen LogP contribution >= 0.6 is 11.6 Å². The van der Waals surface area contributed by atoms with Gasteiger partial charge in [0.1, 0.15) is 11.6 Å². The molecule has 0 radical (unpaired) electrons. The molecule has 0 saturated carbocycles. The van der Waals surface area contributed by atoms with Gasteiger partial charge in [0.2, 0.25) is 5.82 Å². The summed E-state index contributed by atoms with van der Waals surface area (Å²) in [6.45, 7) is 0. The summed E-state index contributed by atoms with van der Waals surface area (Å²) >= 11 is 5.82. The number of hydrogen-bond acceptors (Lipinski definition) is 3. The Morgan fingerprint density at radius 2 is 1.85 bits per heavy atom. The first-order valence-corrected chi connectivity index (χ1v) is 5.78. The molecule has 1 heterocycles. The van der Waals surface area contributed by atoms with Gasteiger partial charge in [-0.3, -0.25) is 0 Å². The van der Waals surface area contributed by atoms with Crippen LogP contribution in [-0.4, -0.2) is 17.0 Å². The molecular weight excluding hydrogens is 298 g/mol. The molecule has 0 amide bonds. The third-order valence-electron chi connectivity index (χ3n) is 2.44. The van der Waals surface area contributed by atoms with Gasteiger partial charge in [0, 0.05) is 18.7 Å². The first-order valence-electron chi connectivity index (χ1n) is 5.40. The third-order valence-corrected chi connectivity index (χ3v) is 2.76. The van der Waals surface area contributed by atoms with Gasteiger partial charge in [0.15, 0.2) is 0 Å². The largest absolute Gasteiger partial charge is 0.451 e. The van der Waals surface area contributed by atoms with Gasteiger partial charge in [0.25, 0.3) is 0 Å². The second kappa shape index (κ2) is 5.24. The Labute approximate surface area is 116 Å². The van der Waals surface area contributed by atoms with Gasteiger partial charge in [-0.05, 0) is 18.2 Å². The van der Waals surface area contributed by atoms with Crippen molar-refractivity contribution in [2.24, 2.45) is 0 Å². The number of alkyl halides is 3. The van der Waals surface area contributed by atoms with Crippen molar-refractivity contribution in [1.82, 2.24) is 9.97 Å². The van der Waals surface area contributed by atoms with Crippen LogP contribution in [0, 0.1) is 5.82 Å². The Hall–Kier alpha value is -1.89. The summed E-state index contributed by atoms with van der Waals surface area (Å²) in [6.07, 6.45) is -4.69. The van der Waals surface area contributed by atoms with Crippen LogP contribution in [0.4, 0.5) is 23.4 Å². The van der Waals surface area contributed by atoms with Crippen LogP contribution < -0.4 is 5.32 Å². The first kappa shape index (κ1) is 14.5. The van der Waals surface area contributed by atoms with E-state index in [2.05, 4.69) is 15.3 Å². The number of anilines is 1. The van der Waals surface area contributed by atoms with Crippen LogP contribution in [0.5, 0.6) is 0 Å². The lowest BCUT2D eigenvalue weighted by molar-refractivity contribution is -0.144. The molecule has 1 aromatic heterocycles. The van der Waals surface area contributed by atoms with Crippen LogP contribution in [0.1, 0.15) is 5.82 Å². The standard InChI is InChI=1S/C12H8ClF4N3/c1-18-10-5-9(19-11(20-10)12(15,16)17)7-3-2-6(14)4-8(7)13/h2-5H,1H3,(H,18,19,20). The zero-order valence-electron chi connectivity index (χ0n) is 10.1. The van der Waals surface area contributed by atoms with Gasteiger partial charge in [-0.2, -0.15) is 13.2 Å². The minimum atomic E-state index is -4.69. The zero-order chi connectivity index (χ0) is 14.9. The second-order valence-electron chi connectivity index (χ2n) is 3.83. The van der Waals surface area contributed by atoms with E-state index in [-0.39, 0.29) is 22.1 Å². The van der Waals surface area contributed by atoms with Crippen molar-refractivity contribution in [2.45, 2.75) is 6.18 Å². The maximum Gasteiger partial charge on any atom is 0.451 e. The molecule has 3 nitrogen and oxygen atoms in total. The van der Waals surface area contributed by atoms with E-state index in [1.807, 2.05) is 0 Å². The van der Waals surface area contributed by atoms with Gasteiger partial charge in [-0.15, -0.1) is 0 Å². The molecule has 0 aliphatic rings. The molecule has 1 aromatic carbocycles. The summed E-state index contributed by atoms with van der Waals surface area (Å²) in [6, 6.07) is 4.66. The van der Waals surface area contributed by atoms with Crippen molar-refractivity contribution in [1.29, 1.82) is 0 Å². The van der Waals surface area contributed by atoms with E-state index >= 15 is 0 Å². The topological polar surface area (TPSA) is 37.8 Å². The molecule has 0 fully saturated rings. The summed E-state index contributed by atoms with van der Waals surface area (Å²) in [5, 5.41) is 2.48. The van der Waals surface area contributed by atoms with E-state index in [0.717, 1.165) is 12.1 Å². The van der Waals surface area contributed by atoms with E-state index < -0.39 is 17.8 Å². The minimum absolute atomic E-state index is 0.0114. The van der Waals surface area contributed by atoms with Gasteiger partial charge >= 0.3 is 6.18 Å². The predicted octanol–water partition coefficient (Wildman–Crippen LogP) is 4.00. The van der Waals surface area contributed by atoms with E-state index in [4.69, 9.17) is 11.6 Å². The Morgan fingerprint density at radius 1 is 1.15 bits per heavy atom. The number of halogens is 5. The first-order chi connectivity index (χ1) is 9.31. The molecule has 1 N–H and O–H groups in total. The quantitative estimate of drug-likeness (QED) is 0.852. The third kappa shape index (κ3) is 2.98. The van der Waals surface area contributed by atoms with Gasteiger partial charge in [-0.1, -0.05) is 11.6 Å². The van der Waals surface area contributed by atoms with Crippen LogP contribution in [0.15, 0.2) is 24.3 Å². The number of aromatic nitrogens is 2. The zero-order valence-corrected chi connectivity index (χ0v) is 10.8. The summed E-state index contributed by atoms with van der Waals surface area (Å²) in [5.74, 6) is -1.89. The molecule has 0 aliphatic carbocycles. The van der Waals surface area contributed by atoms with Crippen molar-refractivity contribution < 1.29 is 17.6 Å². The Balaban J connectivity index is 2.61. The molecule has 0 spiro atoms. The smallest absolute Gasteiger partial charge is 0.373 e. The monoisotopic (exact) mass is 305 g/mol. The fourth-order valence-corrected chi connectivity index (χ4v) is 1.80. The van der Waals surface area contributed by atoms with Crippen molar-refractivity contribution in [3.8, 4) is 11.3 Å². The average Bonchev–Trinajstić information content (AvgIpc) is 2.37. The molecule has 20 heavy (non-hydrogen) atoms. The number of benzene rings is 1. The molecule has 0 bridgehead atoms. The highest BCUT2D eigenvalue weighted by molar-refractivity contribution is 6.33. The molecule has 0 aliphatic heterocycles. The average molecular weight is 306 g/mol. The normalized spacial score (nSPS) is 11.5. The van der Waals surface area contributed by atoms with Gasteiger partial charge in [-0.25, -0.2) is 14.4 Å². The molecule has 2 rings (SSSR count).